The first kappa shape index (κ1) is 24.3. The van der Waals surface area contributed by atoms with Gasteiger partial charge in [0.1, 0.15) is 5.75 Å². The summed E-state index contributed by atoms with van der Waals surface area (Å²) in [7, 11) is 1.65. The fourth-order valence-electron chi connectivity index (χ4n) is 5.97. The van der Waals surface area contributed by atoms with Crippen LogP contribution in [0, 0.1) is 0 Å². The zero-order valence-corrected chi connectivity index (χ0v) is 22.4. The highest BCUT2D eigenvalue weighted by Crippen LogP contribution is 2.49. The Morgan fingerprint density at radius 3 is 2.43 bits per heavy atom. The van der Waals surface area contributed by atoms with Crippen LogP contribution in [0.2, 0.25) is 5.02 Å². The van der Waals surface area contributed by atoms with Gasteiger partial charge in [0, 0.05) is 21.8 Å². The molecule has 188 valence electrons. The molecule has 0 bridgehead atoms. The Morgan fingerprint density at radius 2 is 1.70 bits per heavy atom. The minimum Gasteiger partial charge on any atom is -0.497 e. The van der Waals surface area contributed by atoms with Crippen LogP contribution < -0.4 is 10.3 Å². The van der Waals surface area contributed by atoms with E-state index < -0.39 is 0 Å². The lowest BCUT2D eigenvalue weighted by Crippen LogP contribution is -2.42. The van der Waals surface area contributed by atoms with Crippen LogP contribution in [0.5, 0.6) is 5.75 Å². The second-order valence-electron chi connectivity index (χ2n) is 10.0. The van der Waals surface area contributed by atoms with Crippen molar-refractivity contribution in [2.24, 2.45) is 0 Å². The lowest BCUT2D eigenvalue weighted by Gasteiger charge is -2.42. The van der Waals surface area contributed by atoms with E-state index in [-0.39, 0.29) is 11.0 Å². The summed E-state index contributed by atoms with van der Waals surface area (Å²) in [5.41, 5.74) is 6.02. The average Bonchev–Trinajstić information content (AvgIpc) is 2.93. The van der Waals surface area contributed by atoms with E-state index in [0.717, 1.165) is 65.9 Å². The van der Waals surface area contributed by atoms with Gasteiger partial charge >= 0.3 is 0 Å². The average molecular weight is 529 g/mol. The fraction of sp³-hybridized carbons (Fsp3) is 0.290. The van der Waals surface area contributed by atoms with Gasteiger partial charge < -0.3 is 4.74 Å². The van der Waals surface area contributed by atoms with Crippen molar-refractivity contribution in [3.05, 3.63) is 105 Å². The number of rotatable bonds is 5. The number of aromatic nitrogens is 2. The quantitative estimate of drug-likeness (QED) is 0.197. The number of halogens is 1. The van der Waals surface area contributed by atoms with Gasteiger partial charge in [0.2, 0.25) is 0 Å². The molecule has 0 radical (unpaired) electrons. The second-order valence-corrected chi connectivity index (χ2v) is 11.4. The van der Waals surface area contributed by atoms with Gasteiger partial charge in [-0.15, -0.1) is 0 Å². The summed E-state index contributed by atoms with van der Waals surface area (Å²) < 4.78 is 7.20. The molecule has 2 aliphatic rings. The van der Waals surface area contributed by atoms with Gasteiger partial charge in [-0.1, -0.05) is 79.0 Å². The van der Waals surface area contributed by atoms with Crippen LogP contribution in [-0.4, -0.2) is 16.7 Å². The molecule has 1 heterocycles. The van der Waals surface area contributed by atoms with E-state index in [1.165, 1.54) is 12.0 Å². The van der Waals surface area contributed by atoms with Crippen molar-refractivity contribution in [1.82, 2.24) is 9.55 Å². The summed E-state index contributed by atoms with van der Waals surface area (Å²) in [4.78, 5) is 19.9. The molecule has 0 unspecified atom stereocenters. The Bertz CT molecular complexity index is 1490. The van der Waals surface area contributed by atoms with Crippen LogP contribution >= 0.6 is 23.4 Å². The van der Waals surface area contributed by atoms with Gasteiger partial charge in [-0.05, 0) is 66.8 Å². The molecule has 0 amide bonds. The molecule has 1 spiro atoms. The zero-order valence-electron chi connectivity index (χ0n) is 20.9. The van der Waals surface area contributed by atoms with Crippen LogP contribution in [0.3, 0.4) is 0 Å². The Balaban J connectivity index is 1.56. The van der Waals surface area contributed by atoms with E-state index in [1.807, 2.05) is 53.1 Å². The molecule has 1 aromatic heterocycles. The minimum atomic E-state index is -0.153. The molecule has 0 atom stereocenters. The van der Waals surface area contributed by atoms with Crippen molar-refractivity contribution in [3.8, 4) is 22.7 Å². The third-order valence-electron chi connectivity index (χ3n) is 7.81. The van der Waals surface area contributed by atoms with E-state index in [4.69, 9.17) is 21.3 Å². The first-order chi connectivity index (χ1) is 18.1. The molecule has 0 saturated heterocycles. The van der Waals surface area contributed by atoms with E-state index in [0.29, 0.717) is 15.9 Å². The Morgan fingerprint density at radius 1 is 0.973 bits per heavy atom. The molecule has 1 saturated carbocycles. The number of fused-ring (bicyclic) bond motifs is 4. The second kappa shape index (κ2) is 10.0. The number of benzene rings is 3. The lowest BCUT2D eigenvalue weighted by molar-refractivity contribution is 0.283. The topological polar surface area (TPSA) is 44.1 Å². The van der Waals surface area contributed by atoms with Crippen molar-refractivity contribution >= 4 is 23.4 Å². The summed E-state index contributed by atoms with van der Waals surface area (Å²) in [6.07, 6.45) is 6.50. The third-order valence-corrected chi connectivity index (χ3v) is 9.07. The SMILES string of the molecule is COc1ccc(-n2c(SCc3ccc(Cl)cc3)nc3c(c2=O)C2(CCCCC2)Cc2ccccc2-3)cc1. The molecule has 1 fully saturated rings. The third kappa shape index (κ3) is 4.49. The van der Waals surface area contributed by atoms with E-state index >= 15 is 0 Å². The maximum Gasteiger partial charge on any atom is 0.263 e. The highest BCUT2D eigenvalue weighted by atomic mass is 35.5. The van der Waals surface area contributed by atoms with Crippen molar-refractivity contribution in [3.63, 3.8) is 0 Å². The van der Waals surface area contributed by atoms with E-state index in [2.05, 4.69) is 24.3 Å². The first-order valence-corrected chi connectivity index (χ1v) is 14.2. The van der Waals surface area contributed by atoms with Crippen LogP contribution in [0.25, 0.3) is 16.9 Å². The summed E-state index contributed by atoms with van der Waals surface area (Å²) >= 11 is 7.69. The van der Waals surface area contributed by atoms with Crippen LogP contribution in [0.1, 0.15) is 48.8 Å². The number of thioether (sulfide) groups is 1. The molecule has 0 N–H and O–H groups in total. The van der Waals surface area contributed by atoms with Crippen LogP contribution in [0.4, 0.5) is 0 Å². The summed E-state index contributed by atoms with van der Waals surface area (Å²) in [5, 5.41) is 1.41. The lowest BCUT2D eigenvalue weighted by atomic mass is 9.62. The molecular weight excluding hydrogens is 500 g/mol. The van der Waals surface area contributed by atoms with Crippen LogP contribution in [0.15, 0.2) is 82.7 Å². The van der Waals surface area contributed by atoms with Crippen molar-refractivity contribution in [2.45, 2.75) is 54.8 Å². The smallest absolute Gasteiger partial charge is 0.263 e. The highest BCUT2D eigenvalue weighted by molar-refractivity contribution is 7.98. The number of methoxy groups -OCH3 is 1. The van der Waals surface area contributed by atoms with Crippen molar-refractivity contribution < 1.29 is 4.74 Å². The predicted octanol–water partition coefficient (Wildman–Crippen LogP) is 7.61. The highest BCUT2D eigenvalue weighted by Gasteiger charge is 2.43. The number of hydrogen-bond acceptors (Lipinski definition) is 4. The molecular formula is C31H29ClN2O2S. The molecule has 2 aliphatic carbocycles. The van der Waals surface area contributed by atoms with Gasteiger partial charge in [0.05, 0.1) is 24.1 Å². The summed E-state index contributed by atoms with van der Waals surface area (Å²) in [6.45, 7) is 0. The van der Waals surface area contributed by atoms with Gasteiger partial charge in [0.25, 0.3) is 5.56 Å². The van der Waals surface area contributed by atoms with Gasteiger partial charge in [0.15, 0.2) is 5.16 Å². The molecule has 6 rings (SSSR count). The number of hydrogen-bond donors (Lipinski definition) is 0. The summed E-state index contributed by atoms with van der Waals surface area (Å²) in [5.74, 6) is 1.45. The van der Waals surface area contributed by atoms with Crippen molar-refractivity contribution in [2.75, 3.05) is 7.11 Å². The maximum absolute atomic E-state index is 14.6. The Hall–Kier alpha value is -3.02. The van der Waals surface area contributed by atoms with Crippen molar-refractivity contribution in [1.29, 1.82) is 0 Å². The molecule has 4 aromatic rings. The Labute approximate surface area is 226 Å². The van der Waals surface area contributed by atoms with E-state index in [1.54, 1.807) is 18.9 Å². The van der Waals surface area contributed by atoms with E-state index in [9.17, 15) is 4.79 Å². The standard InChI is InChI=1S/C31H29ClN2O2S/c1-36-25-15-13-24(14-16-25)34-29(35)27-28(33-30(34)37-20-21-9-11-23(32)12-10-21)26-8-4-3-7-22(26)19-31(27)17-5-2-6-18-31/h3-4,7-16H,2,5-6,17-20H2,1H3. The number of nitrogens with zero attached hydrogens (tertiary/aromatic N) is 2. The molecule has 0 aliphatic heterocycles. The maximum atomic E-state index is 14.6. The van der Waals surface area contributed by atoms with Crippen LogP contribution in [-0.2, 0) is 17.6 Å². The molecule has 4 nitrogen and oxygen atoms in total. The minimum absolute atomic E-state index is 0.0603. The molecule has 37 heavy (non-hydrogen) atoms. The van der Waals surface area contributed by atoms with Gasteiger partial charge in [-0.3, -0.25) is 9.36 Å². The zero-order chi connectivity index (χ0) is 25.4. The fourth-order valence-corrected chi connectivity index (χ4v) is 7.06. The molecule has 6 heteroatoms. The first-order valence-electron chi connectivity index (χ1n) is 12.9. The Kier molecular flexibility index (Phi) is 6.60. The normalized spacial score (nSPS) is 15.7. The largest absolute Gasteiger partial charge is 0.497 e. The summed E-state index contributed by atoms with van der Waals surface area (Å²) in [6, 6.07) is 24.1. The van der Waals surface area contributed by atoms with Gasteiger partial charge in [-0.2, -0.15) is 0 Å². The molecule has 3 aromatic carbocycles. The monoisotopic (exact) mass is 528 g/mol. The van der Waals surface area contributed by atoms with Gasteiger partial charge in [-0.25, -0.2) is 4.98 Å². The number of ether oxygens (including phenoxy) is 1. The predicted molar refractivity (Wildman–Crippen MR) is 151 cm³/mol.